The molecule has 154 valence electrons. The Hall–Kier alpha value is -2.38. The van der Waals surface area contributed by atoms with Crippen LogP contribution in [0.4, 0.5) is 0 Å². The highest BCUT2D eigenvalue weighted by Gasteiger charge is 2.24. The minimum atomic E-state index is -0.757. The molecule has 2 aromatic carbocycles. The molecule has 6 nitrogen and oxygen atoms in total. The number of nitrogens with one attached hydrogen (secondary N) is 2. The number of ether oxygens (including phenoxy) is 1. The van der Waals surface area contributed by atoms with Gasteiger partial charge >= 0.3 is 0 Å². The van der Waals surface area contributed by atoms with E-state index in [1.807, 2.05) is 39.0 Å². The van der Waals surface area contributed by atoms with Gasteiger partial charge < -0.3 is 10.1 Å². The number of rotatable bonds is 8. The number of amides is 2. The average molecular weight is 481 g/mol. The first-order chi connectivity index (χ1) is 13.8. The molecule has 1 unspecified atom stereocenters. The Kier molecular flexibility index (Phi) is 8.67. The van der Waals surface area contributed by atoms with Gasteiger partial charge in [-0.3, -0.25) is 9.59 Å². The van der Waals surface area contributed by atoms with E-state index in [2.05, 4.69) is 31.8 Å². The Morgan fingerprint density at radius 3 is 2.66 bits per heavy atom. The molecule has 0 saturated heterocycles. The van der Waals surface area contributed by atoms with Gasteiger partial charge in [-0.1, -0.05) is 47.4 Å². The van der Waals surface area contributed by atoms with E-state index in [1.165, 1.54) is 6.21 Å². The number of carbonyl (C=O) groups excluding carboxylic acids is 2. The zero-order valence-corrected chi connectivity index (χ0v) is 18.8. The molecule has 8 heteroatoms. The van der Waals surface area contributed by atoms with Crippen molar-refractivity contribution >= 4 is 45.6 Å². The number of hydrogen-bond donors (Lipinski definition) is 2. The lowest BCUT2D eigenvalue weighted by molar-refractivity contribution is -0.123. The summed E-state index contributed by atoms with van der Waals surface area (Å²) in [6, 6.07) is 11.3. The molecule has 29 heavy (non-hydrogen) atoms. The van der Waals surface area contributed by atoms with Crippen LogP contribution in [-0.4, -0.2) is 30.7 Å². The van der Waals surface area contributed by atoms with Crippen LogP contribution in [0.15, 0.2) is 52.0 Å². The first-order valence-electron chi connectivity index (χ1n) is 9.13. The summed E-state index contributed by atoms with van der Waals surface area (Å²) in [6.45, 7) is 6.09. The minimum absolute atomic E-state index is 0.141. The van der Waals surface area contributed by atoms with Crippen LogP contribution < -0.4 is 15.5 Å². The van der Waals surface area contributed by atoms with Crippen LogP contribution in [0.1, 0.15) is 36.7 Å². The van der Waals surface area contributed by atoms with Crippen molar-refractivity contribution in [2.75, 3.05) is 6.61 Å². The molecule has 0 aliphatic rings. The summed E-state index contributed by atoms with van der Waals surface area (Å²) in [5.74, 6) is -0.280. The van der Waals surface area contributed by atoms with E-state index in [4.69, 9.17) is 16.3 Å². The smallest absolute Gasteiger partial charge is 0.262 e. The second-order valence-corrected chi connectivity index (χ2v) is 7.91. The third-order valence-electron chi connectivity index (χ3n) is 3.97. The molecule has 1 atom stereocenters. The van der Waals surface area contributed by atoms with Crippen molar-refractivity contribution in [1.82, 2.24) is 10.7 Å². The SMILES string of the molecule is CCOc1ccc(Br)cc1C=NNC(=O)C(NC(=O)c1cccc(Cl)c1)C(C)C. The fourth-order valence-electron chi connectivity index (χ4n) is 2.53. The summed E-state index contributed by atoms with van der Waals surface area (Å²) >= 11 is 9.34. The molecule has 0 fully saturated rings. The molecule has 0 aliphatic carbocycles. The van der Waals surface area contributed by atoms with Gasteiger partial charge in [0.05, 0.1) is 12.8 Å². The number of hydrogen-bond acceptors (Lipinski definition) is 4. The van der Waals surface area contributed by atoms with Gasteiger partial charge in [0.1, 0.15) is 11.8 Å². The number of hydrazone groups is 1. The van der Waals surface area contributed by atoms with E-state index >= 15 is 0 Å². The van der Waals surface area contributed by atoms with E-state index in [1.54, 1.807) is 24.3 Å². The van der Waals surface area contributed by atoms with E-state index in [0.29, 0.717) is 28.5 Å². The quantitative estimate of drug-likeness (QED) is 0.434. The summed E-state index contributed by atoms with van der Waals surface area (Å²) in [6.07, 6.45) is 1.50. The van der Waals surface area contributed by atoms with Gasteiger partial charge in [0.15, 0.2) is 0 Å². The highest BCUT2D eigenvalue weighted by Crippen LogP contribution is 2.21. The highest BCUT2D eigenvalue weighted by atomic mass is 79.9. The molecule has 2 amide bonds. The standard InChI is InChI=1S/C21H23BrClN3O3/c1-4-29-18-9-8-16(22)10-15(18)12-24-26-21(28)19(13(2)3)25-20(27)14-6-5-7-17(23)11-14/h5-13,19H,4H2,1-3H3,(H,25,27)(H,26,28). The Bertz CT molecular complexity index is 902. The van der Waals surface area contributed by atoms with Crippen LogP contribution in [0.2, 0.25) is 5.02 Å². The Balaban J connectivity index is 2.07. The molecule has 0 radical (unpaired) electrons. The summed E-state index contributed by atoms with van der Waals surface area (Å²) in [4.78, 5) is 25.0. The largest absolute Gasteiger partial charge is 0.493 e. The van der Waals surface area contributed by atoms with Crippen LogP contribution in [0.5, 0.6) is 5.75 Å². The lowest BCUT2D eigenvalue weighted by atomic mass is 10.0. The van der Waals surface area contributed by atoms with Crippen LogP contribution in [0.25, 0.3) is 0 Å². The number of nitrogens with zero attached hydrogens (tertiary/aromatic N) is 1. The fraction of sp³-hybridized carbons (Fsp3) is 0.286. The molecule has 2 rings (SSSR count). The fourth-order valence-corrected chi connectivity index (χ4v) is 3.10. The van der Waals surface area contributed by atoms with Gasteiger partial charge in [-0.2, -0.15) is 5.10 Å². The predicted molar refractivity (Wildman–Crippen MR) is 119 cm³/mol. The van der Waals surface area contributed by atoms with Crippen molar-refractivity contribution in [2.24, 2.45) is 11.0 Å². The number of carbonyl (C=O) groups is 2. The average Bonchev–Trinajstić information content (AvgIpc) is 2.67. The van der Waals surface area contributed by atoms with Crippen molar-refractivity contribution in [3.63, 3.8) is 0 Å². The van der Waals surface area contributed by atoms with Crippen LogP contribution >= 0.6 is 27.5 Å². The summed E-state index contributed by atoms with van der Waals surface area (Å²) in [5, 5.41) is 7.21. The van der Waals surface area contributed by atoms with E-state index in [9.17, 15) is 9.59 Å². The Morgan fingerprint density at radius 2 is 2.00 bits per heavy atom. The van der Waals surface area contributed by atoms with E-state index in [-0.39, 0.29) is 11.8 Å². The lowest BCUT2D eigenvalue weighted by Gasteiger charge is -2.20. The van der Waals surface area contributed by atoms with Gasteiger partial charge in [-0.25, -0.2) is 5.43 Å². The summed E-state index contributed by atoms with van der Waals surface area (Å²) in [7, 11) is 0. The minimum Gasteiger partial charge on any atom is -0.493 e. The van der Waals surface area contributed by atoms with Crippen LogP contribution in [0, 0.1) is 5.92 Å². The summed E-state index contributed by atoms with van der Waals surface area (Å²) in [5.41, 5.74) is 3.59. The monoisotopic (exact) mass is 479 g/mol. The number of benzene rings is 2. The summed E-state index contributed by atoms with van der Waals surface area (Å²) < 4.78 is 6.42. The predicted octanol–water partition coefficient (Wildman–Crippen LogP) is 4.41. The van der Waals surface area contributed by atoms with Crippen LogP contribution in [0.3, 0.4) is 0 Å². The topological polar surface area (TPSA) is 79.8 Å². The maximum Gasteiger partial charge on any atom is 0.262 e. The molecule has 0 spiro atoms. The molecular formula is C21H23BrClN3O3. The third-order valence-corrected chi connectivity index (χ3v) is 4.70. The highest BCUT2D eigenvalue weighted by molar-refractivity contribution is 9.10. The van der Waals surface area contributed by atoms with Gasteiger partial charge in [-0.15, -0.1) is 0 Å². The first kappa shape index (κ1) is 22.9. The molecule has 0 heterocycles. The number of halogens is 2. The molecule has 0 aliphatic heterocycles. The molecule has 2 aromatic rings. The third kappa shape index (κ3) is 6.87. The van der Waals surface area contributed by atoms with Crippen molar-refractivity contribution in [3.8, 4) is 5.75 Å². The maximum atomic E-state index is 12.6. The molecular weight excluding hydrogens is 458 g/mol. The van der Waals surface area contributed by atoms with Crippen molar-refractivity contribution in [1.29, 1.82) is 0 Å². The molecule has 0 aromatic heterocycles. The van der Waals surface area contributed by atoms with Crippen LogP contribution in [-0.2, 0) is 4.79 Å². The van der Waals surface area contributed by atoms with E-state index < -0.39 is 11.9 Å². The van der Waals surface area contributed by atoms with Crippen molar-refractivity contribution in [3.05, 3.63) is 63.1 Å². The van der Waals surface area contributed by atoms with Gasteiger partial charge in [0.2, 0.25) is 0 Å². The Labute approximate surface area is 183 Å². The molecule has 0 bridgehead atoms. The van der Waals surface area contributed by atoms with Crippen molar-refractivity contribution in [2.45, 2.75) is 26.8 Å². The zero-order valence-electron chi connectivity index (χ0n) is 16.4. The van der Waals surface area contributed by atoms with Gasteiger partial charge in [0, 0.05) is 20.6 Å². The molecule has 2 N–H and O–H groups in total. The second kappa shape index (κ2) is 11.0. The molecule has 0 saturated carbocycles. The van der Waals surface area contributed by atoms with E-state index in [0.717, 1.165) is 4.47 Å². The lowest BCUT2D eigenvalue weighted by Crippen LogP contribution is -2.48. The van der Waals surface area contributed by atoms with Gasteiger partial charge in [-0.05, 0) is 49.2 Å². The van der Waals surface area contributed by atoms with Gasteiger partial charge in [0.25, 0.3) is 11.8 Å². The zero-order chi connectivity index (χ0) is 21.4. The van der Waals surface area contributed by atoms with Crippen molar-refractivity contribution < 1.29 is 14.3 Å². The Morgan fingerprint density at radius 1 is 1.24 bits per heavy atom. The first-order valence-corrected chi connectivity index (χ1v) is 10.3. The maximum absolute atomic E-state index is 12.6. The normalized spacial score (nSPS) is 12.1. The second-order valence-electron chi connectivity index (χ2n) is 6.55.